The molecule has 5 heteroatoms. The maximum atomic E-state index is 12.0. The van der Waals surface area contributed by atoms with E-state index in [4.69, 9.17) is 4.42 Å². The standard InChI is InChI=1S/C11H12N2O2S/c1-6-7(2)15-8(3)9(6)10(14)13-11-12-4-5-16-11/h4-5H,1-3H3,(H,12,13,14). The fraction of sp³-hybridized carbons (Fsp3) is 0.273. The first-order chi connectivity index (χ1) is 7.59. The summed E-state index contributed by atoms with van der Waals surface area (Å²) in [7, 11) is 0. The Labute approximate surface area is 97.3 Å². The van der Waals surface area contributed by atoms with Crippen molar-refractivity contribution in [1.82, 2.24) is 4.98 Å². The largest absolute Gasteiger partial charge is 0.466 e. The Kier molecular flexibility index (Phi) is 2.78. The van der Waals surface area contributed by atoms with E-state index in [0.717, 1.165) is 11.3 Å². The number of carbonyl (C=O) groups excluding carboxylic acids is 1. The molecule has 0 radical (unpaired) electrons. The third-order valence-electron chi connectivity index (χ3n) is 2.44. The zero-order valence-electron chi connectivity index (χ0n) is 9.33. The normalized spacial score (nSPS) is 10.4. The van der Waals surface area contributed by atoms with E-state index in [0.29, 0.717) is 16.5 Å². The number of furan rings is 1. The monoisotopic (exact) mass is 236 g/mol. The molecule has 1 N–H and O–H groups in total. The third kappa shape index (κ3) is 1.86. The molecule has 0 aliphatic carbocycles. The van der Waals surface area contributed by atoms with Gasteiger partial charge in [-0.1, -0.05) is 0 Å². The smallest absolute Gasteiger partial charge is 0.261 e. The van der Waals surface area contributed by atoms with Crippen LogP contribution in [0.5, 0.6) is 0 Å². The predicted octanol–water partition coefficient (Wildman–Crippen LogP) is 2.91. The molecular weight excluding hydrogens is 224 g/mol. The third-order valence-corrected chi connectivity index (χ3v) is 3.13. The second-order valence-electron chi connectivity index (χ2n) is 3.51. The maximum Gasteiger partial charge on any atom is 0.261 e. The Hall–Kier alpha value is -1.62. The van der Waals surface area contributed by atoms with Gasteiger partial charge in [0.05, 0.1) is 5.56 Å². The fourth-order valence-corrected chi connectivity index (χ4v) is 2.10. The van der Waals surface area contributed by atoms with Gasteiger partial charge in [-0.15, -0.1) is 11.3 Å². The molecule has 2 aromatic rings. The van der Waals surface area contributed by atoms with Crippen molar-refractivity contribution in [2.75, 3.05) is 5.32 Å². The fourth-order valence-electron chi connectivity index (χ4n) is 1.57. The number of thiazole rings is 1. The Morgan fingerprint density at radius 3 is 2.62 bits per heavy atom. The average Bonchev–Trinajstić information content (AvgIpc) is 2.77. The molecule has 84 valence electrons. The Balaban J connectivity index is 2.27. The van der Waals surface area contributed by atoms with Gasteiger partial charge in [-0.05, 0) is 20.8 Å². The van der Waals surface area contributed by atoms with Gasteiger partial charge >= 0.3 is 0 Å². The van der Waals surface area contributed by atoms with Crippen molar-refractivity contribution in [2.24, 2.45) is 0 Å². The van der Waals surface area contributed by atoms with Gasteiger partial charge in [0, 0.05) is 17.1 Å². The summed E-state index contributed by atoms with van der Waals surface area (Å²) in [5.41, 5.74) is 1.49. The lowest BCUT2D eigenvalue weighted by Gasteiger charge is -2.01. The van der Waals surface area contributed by atoms with E-state index in [-0.39, 0.29) is 5.91 Å². The van der Waals surface area contributed by atoms with Gasteiger partial charge in [0.15, 0.2) is 5.13 Å². The SMILES string of the molecule is Cc1oc(C)c(C(=O)Nc2nccs2)c1C. The van der Waals surface area contributed by atoms with Crippen molar-refractivity contribution in [2.45, 2.75) is 20.8 Å². The van der Waals surface area contributed by atoms with E-state index in [1.807, 2.05) is 19.2 Å². The Bertz CT molecular complexity index is 514. The van der Waals surface area contributed by atoms with Crippen molar-refractivity contribution in [3.8, 4) is 0 Å². The number of nitrogens with one attached hydrogen (secondary N) is 1. The summed E-state index contributed by atoms with van der Waals surface area (Å²) in [5, 5.41) is 5.16. The number of aryl methyl sites for hydroxylation is 2. The van der Waals surface area contributed by atoms with Crippen molar-refractivity contribution in [3.05, 3.63) is 34.2 Å². The van der Waals surface area contributed by atoms with Crippen LogP contribution in [0.25, 0.3) is 0 Å². The van der Waals surface area contributed by atoms with Crippen LogP contribution in [0.2, 0.25) is 0 Å². The van der Waals surface area contributed by atoms with E-state index in [2.05, 4.69) is 10.3 Å². The van der Waals surface area contributed by atoms with Crippen LogP contribution >= 0.6 is 11.3 Å². The van der Waals surface area contributed by atoms with Gasteiger partial charge in [0.25, 0.3) is 5.91 Å². The van der Waals surface area contributed by atoms with Crippen LogP contribution in [0.4, 0.5) is 5.13 Å². The topological polar surface area (TPSA) is 55.1 Å². The minimum absolute atomic E-state index is 0.165. The highest BCUT2D eigenvalue weighted by Crippen LogP contribution is 2.22. The highest BCUT2D eigenvalue weighted by atomic mass is 32.1. The molecule has 4 nitrogen and oxygen atoms in total. The van der Waals surface area contributed by atoms with Gasteiger partial charge in [0.1, 0.15) is 11.5 Å². The first kappa shape index (κ1) is 10.9. The molecule has 0 aliphatic rings. The van der Waals surface area contributed by atoms with Gasteiger partial charge in [0.2, 0.25) is 0 Å². The van der Waals surface area contributed by atoms with E-state index < -0.39 is 0 Å². The quantitative estimate of drug-likeness (QED) is 0.872. The minimum Gasteiger partial charge on any atom is -0.466 e. The molecule has 0 spiro atoms. The van der Waals surface area contributed by atoms with Gasteiger partial charge in [-0.25, -0.2) is 4.98 Å². The second-order valence-corrected chi connectivity index (χ2v) is 4.40. The van der Waals surface area contributed by atoms with Crippen LogP contribution in [-0.4, -0.2) is 10.9 Å². The lowest BCUT2D eigenvalue weighted by atomic mass is 10.1. The molecule has 0 saturated carbocycles. The summed E-state index contributed by atoms with van der Waals surface area (Å²) in [5.74, 6) is 1.26. The van der Waals surface area contributed by atoms with Gasteiger partial charge in [-0.3, -0.25) is 10.1 Å². The van der Waals surface area contributed by atoms with Crippen molar-refractivity contribution >= 4 is 22.4 Å². The molecule has 0 unspecified atom stereocenters. The van der Waals surface area contributed by atoms with E-state index in [1.54, 1.807) is 13.1 Å². The molecule has 16 heavy (non-hydrogen) atoms. The lowest BCUT2D eigenvalue weighted by molar-refractivity contribution is 0.102. The lowest BCUT2D eigenvalue weighted by Crippen LogP contribution is -2.13. The number of amides is 1. The number of anilines is 1. The summed E-state index contributed by atoms with van der Waals surface area (Å²) in [6, 6.07) is 0. The van der Waals surface area contributed by atoms with E-state index in [1.165, 1.54) is 11.3 Å². The van der Waals surface area contributed by atoms with E-state index >= 15 is 0 Å². The highest BCUT2D eigenvalue weighted by molar-refractivity contribution is 7.13. The molecule has 2 heterocycles. The van der Waals surface area contributed by atoms with Gasteiger partial charge in [-0.2, -0.15) is 0 Å². The molecule has 0 saturated heterocycles. The first-order valence-corrected chi connectivity index (χ1v) is 5.75. The number of carbonyl (C=O) groups is 1. The Morgan fingerprint density at radius 1 is 1.38 bits per heavy atom. The summed E-state index contributed by atoms with van der Waals surface area (Å²) >= 11 is 1.39. The summed E-state index contributed by atoms with van der Waals surface area (Å²) in [4.78, 5) is 16.0. The molecule has 0 fully saturated rings. The molecule has 0 aromatic carbocycles. The number of rotatable bonds is 2. The van der Waals surface area contributed by atoms with Crippen molar-refractivity contribution < 1.29 is 9.21 Å². The maximum absolute atomic E-state index is 12.0. The molecule has 2 aromatic heterocycles. The zero-order valence-corrected chi connectivity index (χ0v) is 10.1. The molecule has 0 atom stereocenters. The minimum atomic E-state index is -0.165. The Morgan fingerprint density at radius 2 is 2.12 bits per heavy atom. The summed E-state index contributed by atoms with van der Waals surface area (Å²) in [6.07, 6.45) is 1.65. The van der Waals surface area contributed by atoms with Gasteiger partial charge < -0.3 is 4.42 Å². The number of hydrogen-bond acceptors (Lipinski definition) is 4. The first-order valence-electron chi connectivity index (χ1n) is 4.87. The number of hydrogen-bond donors (Lipinski definition) is 1. The summed E-state index contributed by atoms with van der Waals surface area (Å²) in [6.45, 7) is 5.52. The molecule has 2 rings (SSSR count). The van der Waals surface area contributed by atoms with Crippen LogP contribution < -0.4 is 5.32 Å². The molecule has 1 amide bonds. The van der Waals surface area contributed by atoms with Crippen LogP contribution in [0.3, 0.4) is 0 Å². The number of aromatic nitrogens is 1. The zero-order chi connectivity index (χ0) is 11.7. The van der Waals surface area contributed by atoms with Crippen LogP contribution in [0.15, 0.2) is 16.0 Å². The van der Waals surface area contributed by atoms with Crippen LogP contribution in [0.1, 0.15) is 27.4 Å². The van der Waals surface area contributed by atoms with Crippen LogP contribution in [0, 0.1) is 20.8 Å². The molecule has 0 bridgehead atoms. The van der Waals surface area contributed by atoms with E-state index in [9.17, 15) is 4.79 Å². The second kappa shape index (κ2) is 4.09. The average molecular weight is 236 g/mol. The van der Waals surface area contributed by atoms with Crippen LogP contribution in [-0.2, 0) is 0 Å². The molecular formula is C11H12N2O2S. The van der Waals surface area contributed by atoms with Crippen molar-refractivity contribution in [1.29, 1.82) is 0 Å². The summed E-state index contributed by atoms with van der Waals surface area (Å²) < 4.78 is 5.41. The highest BCUT2D eigenvalue weighted by Gasteiger charge is 2.18. The number of nitrogens with zero attached hydrogens (tertiary/aromatic N) is 1. The van der Waals surface area contributed by atoms with Crippen molar-refractivity contribution in [3.63, 3.8) is 0 Å². The molecule has 0 aliphatic heterocycles. The predicted molar refractivity (Wildman–Crippen MR) is 63.0 cm³/mol.